The standard InChI is InChI=1S/C14H21BrN2S2/c1-4-14(5-2,19-3)9-17-12-7-6-10(15)8-11(12)13(16)18/h6-8,17H,4-5,9H2,1-3H3,(H2,16,18). The summed E-state index contributed by atoms with van der Waals surface area (Å²) < 4.78 is 1.25. The van der Waals surface area contributed by atoms with Crippen LogP contribution in [-0.4, -0.2) is 22.5 Å². The fourth-order valence-corrected chi connectivity index (χ4v) is 3.32. The summed E-state index contributed by atoms with van der Waals surface area (Å²) >= 11 is 10.5. The molecule has 0 aliphatic rings. The van der Waals surface area contributed by atoms with Crippen molar-refractivity contribution in [1.29, 1.82) is 0 Å². The highest BCUT2D eigenvalue weighted by Gasteiger charge is 2.24. The van der Waals surface area contributed by atoms with Crippen LogP contribution in [0.3, 0.4) is 0 Å². The number of halogens is 1. The van der Waals surface area contributed by atoms with Crippen LogP contribution in [0, 0.1) is 0 Å². The zero-order valence-electron chi connectivity index (χ0n) is 11.6. The first kappa shape index (κ1) is 16.8. The van der Waals surface area contributed by atoms with Gasteiger partial charge in [-0.1, -0.05) is 42.0 Å². The second-order valence-electron chi connectivity index (χ2n) is 4.50. The molecule has 1 aromatic carbocycles. The van der Waals surface area contributed by atoms with Gasteiger partial charge in [-0.3, -0.25) is 0 Å². The Balaban J connectivity index is 2.91. The summed E-state index contributed by atoms with van der Waals surface area (Å²) in [6, 6.07) is 5.99. The van der Waals surface area contributed by atoms with Crippen LogP contribution < -0.4 is 11.1 Å². The molecule has 0 spiro atoms. The summed E-state index contributed by atoms with van der Waals surface area (Å²) in [4.78, 5) is 0.423. The van der Waals surface area contributed by atoms with Crippen molar-refractivity contribution in [2.75, 3.05) is 18.1 Å². The van der Waals surface area contributed by atoms with Crippen LogP contribution in [0.25, 0.3) is 0 Å². The minimum atomic E-state index is 0.264. The smallest absolute Gasteiger partial charge is 0.106 e. The van der Waals surface area contributed by atoms with Gasteiger partial charge < -0.3 is 11.1 Å². The van der Waals surface area contributed by atoms with Crippen molar-refractivity contribution >= 4 is 50.6 Å². The van der Waals surface area contributed by atoms with E-state index in [0.717, 1.165) is 35.1 Å². The average molecular weight is 361 g/mol. The van der Waals surface area contributed by atoms with E-state index in [9.17, 15) is 0 Å². The van der Waals surface area contributed by atoms with Gasteiger partial charge in [0.25, 0.3) is 0 Å². The molecule has 0 heterocycles. The maximum absolute atomic E-state index is 5.79. The second-order valence-corrected chi connectivity index (χ2v) is 7.13. The summed E-state index contributed by atoms with van der Waals surface area (Å²) in [5, 5.41) is 3.51. The molecule has 0 saturated carbocycles. The minimum absolute atomic E-state index is 0.264. The highest BCUT2D eigenvalue weighted by molar-refractivity contribution is 9.10. The molecule has 1 rings (SSSR count). The van der Waals surface area contributed by atoms with Crippen molar-refractivity contribution in [3.05, 3.63) is 28.2 Å². The molecular weight excluding hydrogens is 340 g/mol. The Morgan fingerprint density at radius 3 is 2.53 bits per heavy atom. The normalized spacial score (nSPS) is 11.4. The van der Waals surface area contributed by atoms with Gasteiger partial charge in [0, 0.05) is 27.0 Å². The first-order valence-corrected chi connectivity index (χ1v) is 8.79. The lowest BCUT2D eigenvalue weighted by atomic mass is 10.0. The maximum Gasteiger partial charge on any atom is 0.106 e. The number of rotatable bonds is 7. The number of hydrogen-bond donors (Lipinski definition) is 2. The lowest BCUT2D eigenvalue weighted by Crippen LogP contribution is -2.32. The molecule has 5 heteroatoms. The lowest BCUT2D eigenvalue weighted by Gasteiger charge is -2.30. The van der Waals surface area contributed by atoms with Gasteiger partial charge in [0.1, 0.15) is 4.99 Å². The highest BCUT2D eigenvalue weighted by Crippen LogP contribution is 2.31. The molecule has 1 aromatic rings. The zero-order valence-corrected chi connectivity index (χ0v) is 14.8. The van der Waals surface area contributed by atoms with E-state index < -0.39 is 0 Å². The van der Waals surface area contributed by atoms with Crippen LogP contribution in [0.1, 0.15) is 32.3 Å². The van der Waals surface area contributed by atoms with Crippen molar-refractivity contribution in [2.45, 2.75) is 31.4 Å². The predicted octanol–water partition coefficient (Wildman–Crippen LogP) is 4.42. The van der Waals surface area contributed by atoms with Crippen molar-refractivity contribution in [2.24, 2.45) is 5.73 Å². The average Bonchev–Trinajstić information content (AvgIpc) is 2.42. The maximum atomic E-state index is 5.79. The van der Waals surface area contributed by atoms with Crippen LogP contribution in [0.4, 0.5) is 5.69 Å². The fraction of sp³-hybridized carbons (Fsp3) is 0.500. The molecule has 3 N–H and O–H groups in total. The molecule has 0 amide bonds. The minimum Gasteiger partial charge on any atom is -0.389 e. The van der Waals surface area contributed by atoms with Crippen molar-refractivity contribution in [3.63, 3.8) is 0 Å². The van der Waals surface area contributed by atoms with Gasteiger partial charge in [0.2, 0.25) is 0 Å². The molecule has 0 aliphatic carbocycles. The SMILES string of the molecule is CCC(CC)(CNc1ccc(Br)cc1C(N)=S)SC. The van der Waals surface area contributed by atoms with Gasteiger partial charge >= 0.3 is 0 Å². The van der Waals surface area contributed by atoms with E-state index >= 15 is 0 Å². The van der Waals surface area contributed by atoms with Crippen LogP contribution in [-0.2, 0) is 0 Å². The Morgan fingerprint density at radius 2 is 2.05 bits per heavy atom. The summed E-state index contributed by atoms with van der Waals surface area (Å²) in [5.74, 6) is 0. The molecule has 2 nitrogen and oxygen atoms in total. The molecule has 106 valence electrons. The molecule has 0 aromatic heterocycles. The zero-order chi connectivity index (χ0) is 14.5. The molecule has 0 aliphatic heterocycles. The van der Waals surface area contributed by atoms with Crippen LogP contribution in [0.5, 0.6) is 0 Å². The van der Waals surface area contributed by atoms with Gasteiger partial charge in [-0.15, -0.1) is 0 Å². The molecular formula is C14H21BrN2S2. The first-order chi connectivity index (χ1) is 8.98. The molecule has 0 radical (unpaired) electrons. The Kier molecular flexibility index (Phi) is 6.63. The van der Waals surface area contributed by atoms with E-state index in [1.165, 1.54) is 0 Å². The Bertz CT molecular complexity index is 437. The summed E-state index contributed by atoms with van der Waals surface area (Å²) in [5.41, 5.74) is 7.69. The summed E-state index contributed by atoms with van der Waals surface area (Å²) in [7, 11) is 0. The summed E-state index contributed by atoms with van der Waals surface area (Å²) in [6.07, 6.45) is 4.44. The topological polar surface area (TPSA) is 38.0 Å². The third kappa shape index (κ3) is 4.36. The fourth-order valence-electron chi connectivity index (χ4n) is 1.99. The van der Waals surface area contributed by atoms with Crippen LogP contribution >= 0.6 is 39.9 Å². The van der Waals surface area contributed by atoms with Crippen molar-refractivity contribution in [1.82, 2.24) is 0 Å². The number of thiocarbonyl (C=S) groups is 1. The molecule has 0 saturated heterocycles. The third-order valence-corrected chi connectivity index (χ3v) is 5.87. The van der Waals surface area contributed by atoms with E-state index in [4.69, 9.17) is 18.0 Å². The third-order valence-electron chi connectivity index (χ3n) is 3.57. The predicted molar refractivity (Wildman–Crippen MR) is 95.3 cm³/mol. The van der Waals surface area contributed by atoms with Gasteiger partial charge in [0.15, 0.2) is 0 Å². The van der Waals surface area contributed by atoms with Gasteiger partial charge in [-0.2, -0.15) is 11.8 Å². The Hall–Kier alpha value is -0.260. The molecule has 19 heavy (non-hydrogen) atoms. The largest absolute Gasteiger partial charge is 0.389 e. The highest BCUT2D eigenvalue weighted by atomic mass is 79.9. The molecule has 0 unspecified atom stereocenters. The van der Waals surface area contributed by atoms with E-state index in [1.807, 2.05) is 30.0 Å². The van der Waals surface area contributed by atoms with Gasteiger partial charge in [0.05, 0.1) is 0 Å². The quantitative estimate of drug-likeness (QED) is 0.706. The molecule has 0 fully saturated rings. The van der Waals surface area contributed by atoms with E-state index in [1.54, 1.807) is 0 Å². The Morgan fingerprint density at radius 1 is 1.42 bits per heavy atom. The van der Waals surface area contributed by atoms with Crippen LogP contribution in [0.15, 0.2) is 22.7 Å². The summed E-state index contributed by atoms with van der Waals surface area (Å²) in [6.45, 7) is 5.38. The molecule has 0 bridgehead atoms. The van der Waals surface area contributed by atoms with E-state index in [0.29, 0.717) is 4.99 Å². The van der Waals surface area contributed by atoms with Crippen molar-refractivity contribution in [3.8, 4) is 0 Å². The number of nitrogens with one attached hydrogen (secondary N) is 1. The van der Waals surface area contributed by atoms with E-state index in [-0.39, 0.29) is 4.75 Å². The second kappa shape index (κ2) is 7.50. The lowest BCUT2D eigenvalue weighted by molar-refractivity contribution is 0.575. The number of benzene rings is 1. The number of anilines is 1. The number of nitrogens with two attached hydrogens (primary N) is 1. The molecule has 0 atom stereocenters. The number of thioether (sulfide) groups is 1. The van der Waals surface area contributed by atoms with E-state index in [2.05, 4.69) is 41.3 Å². The van der Waals surface area contributed by atoms with Crippen LogP contribution in [0.2, 0.25) is 0 Å². The monoisotopic (exact) mass is 360 g/mol. The first-order valence-electron chi connectivity index (χ1n) is 6.36. The number of hydrogen-bond acceptors (Lipinski definition) is 3. The Labute approximate surface area is 134 Å². The van der Waals surface area contributed by atoms with Crippen molar-refractivity contribution < 1.29 is 0 Å². The van der Waals surface area contributed by atoms with Gasteiger partial charge in [-0.25, -0.2) is 0 Å². The van der Waals surface area contributed by atoms with Gasteiger partial charge in [-0.05, 0) is 37.3 Å².